The Morgan fingerprint density at radius 3 is 2.75 bits per heavy atom. The molecule has 3 aliphatic rings. The first-order valence-corrected chi connectivity index (χ1v) is 7.92. The van der Waals surface area contributed by atoms with Crippen LogP contribution in [0.25, 0.3) is 0 Å². The molecule has 1 aromatic carbocycles. The maximum atomic E-state index is 12.4. The van der Waals surface area contributed by atoms with Crippen LogP contribution in [0.2, 0.25) is 0 Å². The minimum Gasteiger partial charge on any atom is -0.299 e. The van der Waals surface area contributed by atoms with Gasteiger partial charge in [0.1, 0.15) is 5.78 Å². The average Bonchev–Trinajstić information content (AvgIpc) is 2.98. The lowest BCUT2D eigenvalue weighted by Gasteiger charge is -2.41. The Morgan fingerprint density at radius 2 is 2.10 bits per heavy atom. The highest BCUT2D eigenvalue weighted by Gasteiger charge is 2.52. The lowest BCUT2D eigenvalue weighted by molar-refractivity contribution is -0.120. The standard InChI is InChI=1S/C19H22O/c1-12(2)16-4-3-5-18-17(16)9-15(20)11-19(18)10-13-6-7-14(19)8-13/h3-7,12-14H,8-11H2,1-2H3. The minimum atomic E-state index is 0.134. The highest BCUT2D eigenvalue weighted by atomic mass is 16.1. The van der Waals surface area contributed by atoms with Gasteiger partial charge < -0.3 is 0 Å². The van der Waals surface area contributed by atoms with Gasteiger partial charge in [-0.1, -0.05) is 44.2 Å². The van der Waals surface area contributed by atoms with Crippen molar-refractivity contribution in [1.29, 1.82) is 0 Å². The molecule has 1 spiro atoms. The smallest absolute Gasteiger partial charge is 0.138 e. The van der Waals surface area contributed by atoms with Crippen LogP contribution in [0.5, 0.6) is 0 Å². The Labute approximate surface area is 121 Å². The molecule has 0 N–H and O–H groups in total. The Morgan fingerprint density at radius 1 is 1.25 bits per heavy atom. The van der Waals surface area contributed by atoms with Crippen molar-refractivity contribution in [2.24, 2.45) is 11.8 Å². The first-order valence-electron chi connectivity index (χ1n) is 7.92. The fourth-order valence-electron chi connectivity index (χ4n) is 4.98. The molecule has 3 unspecified atom stereocenters. The number of rotatable bonds is 1. The summed E-state index contributed by atoms with van der Waals surface area (Å²) in [5.74, 6) is 2.26. The monoisotopic (exact) mass is 266 g/mol. The van der Waals surface area contributed by atoms with Crippen LogP contribution in [-0.4, -0.2) is 5.78 Å². The molecule has 3 aliphatic carbocycles. The molecule has 4 rings (SSSR count). The van der Waals surface area contributed by atoms with E-state index >= 15 is 0 Å². The zero-order valence-electron chi connectivity index (χ0n) is 12.4. The molecule has 3 atom stereocenters. The number of benzene rings is 1. The van der Waals surface area contributed by atoms with Crippen LogP contribution in [0.3, 0.4) is 0 Å². The van der Waals surface area contributed by atoms with Crippen LogP contribution < -0.4 is 0 Å². The molecular formula is C19H22O. The summed E-state index contributed by atoms with van der Waals surface area (Å²) in [5, 5.41) is 0. The number of fused-ring (bicyclic) bond motifs is 5. The summed E-state index contributed by atoms with van der Waals surface area (Å²) >= 11 is 0. The summed E-state index contributed by atoms with van der Waals surface area (Å²) in [6.45, 7) is 4.48. The van der Waals surface area contributed by atoms with Gasteiger partial charge in [0.2, 0.25) is 0 Å². The van der Waals surface area contributed by atoms with Gasteiger partial charge in [-0.25, -0.2) is 0 Å². The maximum Gasteiger partial charge on any atom is 0.138 e. The number of ketones is 1. The fourth-order valence-corrected chi connectivity index (χ4v) is 4.98. The predicted octanol–water partition coefficient (Wildman–Crippen LogP) is 4.16. The molecule has 0 amide bonds. The van der Waals surface area contributed by atoms with Crippen LogP contribution in [0.15, 0.2) is 30.4 Å². The van der Waals surface area contributed by atoms with E-state index in [4.69, 9.17) is 0 Å². The van der Waals surface area contributed by atoms with Gasteiger partial charge in [0, 0.05) is 18.3 Å². The quantitative estimate of drug-likeness (QED) is 0.698. The van der Waals surface area contributed by atoms with E-state index < -0.39 is 0 Å². The molecular weight excluding hydrogens is 244 g/mol. The van der Waals surface area contributed by atoms with Crippen molar-refractivity contribution in [3.05, 3.63) is 47.0 Å². The Bertz CT molecular complexity index is 610. The second-order valence-electron chi connectivity index (χ2n) is 7.27. The Balaban J connectivity index is 1.92. The predicted molar refractivity (Wildman–Crippen MR) is 80.9 cm³/mol. The van der Waals surface area contributed by atoms with Crippen molar-refractivity contribution in [2.75, 3.05) is 0 Å². The van der Waals surface area contributed by atoms with Gasteiger partial charge in [0.25, 0.3) is 0 Å². The number of Topliss-reactive ketones (excluding diaryl/α,β-unsaturated/α-hetero) is 1. The number of carbonyl (C=O) groups is 1. The molecule has 1 saturated carbocycles. The lowest BCUT2D eigenvalue weighted by Crippen LogP contribution is -2.39. The van der Waals surface area contributed by atoms with Crippen molar-refractivity contribution in [3.8, 4) is 0 Å². The first-order chi connectivity index (χ1) is 9.60. The third-order valence-corrected chi connectivity index (χ3v) is 5.77. The van der Waals surface area contributed by atoms with Gasteiger partial charge in [-0.3, -0.25) is 4.79 Å². The number of allylic oxidation sites excluding steroid dienone is 2. The molecule has 1 nitrogen and oxygen atoms in total. The molecule has 1 fully saturated rings. The molecule has 0 aromatic heterocycles. The van der Waals surface area contributed by atoms with Crippen molar-refractivity contribution in [1.82, 2.24) is 0 Å². The summed E-state index contributed by atoms with van der Waals surface area (Å²) in [6, 6.07) is 6.74. The summed E-state index contributed by atoms with van der Waals surface area (Å²) in [4.78, 5) is 12.4. The van der Waals surface area contributed by atoms with E-state index in [1.54, 1.807) is 0 Å². The number of carbonyl (C=O) groups excluding carboxylic acids is 1. The molecule has 0 heterocycles. The highest BCUT2D eigenvalue weighted by Crippen LogP contribution is 2.58. The summed E-state index contributed by atoms with van der Waals surface area (Å²) in [5.41, 5.74) is 4.39. The molecule has 2 bridgehead atoms. The zero-order valence-corrected chi connectivity index (χ0v) is 12.4. The van der Waals surface area contributed by atoms with Crippen molar-refractivity contribution >= 4 is 5.78 Å². The van der Waals surface area contributed by atoms with Gasteiger partial charge in [0.05, 0.1) is 0 Å². The van der Waals surface area contributed by atoms with Crippen molar-refractivity contribution in [2.45, 2.75) is 50.9 Å². The van der Waals surface area contributed by atoms with E-state index in [9.17, 15) is 4.79 Å². The van der Waals surface area contributed by atoms with Crippen LogP contribution in [0.4, 0.5) is 0 Å². The van der Waals surface area contributed by atoms with E-state index in [2.05, 4.69) is 44.2 Å². The van der Waals surface area contributed by atoms with E-state index in [0.29, 0.717) is 30.0 Å². The normalized spacial score (nSPS) is 34.2. The van der Waals surface area contributed by atoms with E-state index in [1.807, 2.05) is 0 Å². The van der Waals surface area contributed by atoms with Crippen LogP contribution in [0.1, 0.15) is 55.7 Å². The number of hydrogen-bond donors (Lipinski definition) is 0. The fraction of sp³-hybridized carbons (Fsp3) is 0.526. The van der Waals surface area contributed by atoms with Gasteiger partial charge in [-0.2, -0.15) is 0 Å². The molecule has 0 aliphatic heterocycles. The number of hydrogen-bond acceptors (Lipinski definition) is 1. The van der Waals surface area contributed by atoms with Gasteiger partial charge >= 0.3 is 0 Å². The molecule has 0 saturated heterocycles. The Hall–Kier alpha value is -1.37. The van der Waals surface area contributed by atoms with Gasteiger partial charge in [0.15, 0.2) is 0 Å². The summed E-state index contributed by atoms with van der Waals surface area (Å²) in [6.07, 6.45) is 8.65. The Kier molecular flexibility index (Phi) is 2.52. The zero-order chi connectivity index (χ0) is 13.9. The van der Waals surface area contributed by atoms with Crippen LogP contribution >= 0.6 is 0 Å². The van der Waals surface area contributed by atoms with Crippen LogP contribution in [-0.2, 0) is 16.6 Å². The second kappa shape index (κ2) is 4.07. The third kappa shape index (κ3) is 1.52. The largest absolute Gasteiger partial charge is 0.299 e. The molecule has 20 heavy (non-hydrogen) atoms. The van der Waals surface area contributed by atoms with Crippen molar-refractivity contribution in [3.63, 3.8) is 0 Å². The molecule has 1 heteroatoms. The SMILES string of the molecule is CC(C)c1cccc2c1CC(=O)CC21CC2C=CC1C2. The highest BCUT2D eigenvalue weighted by molar-refractivity contribution is 5.86. The third-order valence-electron chi connectivity index (χ3n) is 5.77. The van der Waals surface area contributed by atoms with E-state index in [-0.39, 0.29) is 5.41 Å². The first kappa shape index (κ1) is 12.4. The second-order valence-corrected chi connectivity index (χ2v) is 7.27. The topological polar surface area (TPSA) is 17.1 Å². The van der Waals surface area contributed by atoms with E-state index in [1.165, 1.54) is 29.5 Å². The average molecular weight is 266 g/mol. The van der Waals surface area contributed by atoms with Gasteiger partial charge in [-0.05, 0) is 47.3 Å². The molecule has 1 aromatic rings. The summed E-state index contributed by atoms with van der Waals surface area (Å²) < 4.78 is 0. The van der Waals surface area contributed by atoms with Crippen molar-refractivity contribution < 1.29 is 4.79 Å². The van der Waals surface area contributed by atoms with Crippen LogP contribution in [0, 0.1) is 11.8 Å². The maximum absolute atomic E-state index is 12.4. The lowest BCUT2D eigenvalue weighted by atomic mass is 9.62. The summed E-state index contributed by atoms with van der Waals surface area (Å²) in [7, 11) is 0. The molecule has 104 valence electrons. The van der Waals surface area contributed by atoms with Gasteiger partial charge in [-0.15, -0.1) is 0 Å². The van der Waals surface area contributed by atoms with E-state index in [0.717, 1.165) is 6.42 Å². The molecule has 0 radical (unpaired) electrons. The minimum absolute atomic E-state index is 0.134.